The zero-order chi connectivity index (χ0) is 22.8. The summed E-state index contributed by atoms with van der Waals surface area (Å²) in [6.45, 7) is 9.03. The van der Waals surface area contributed by atoms with E-state index in [-0.39, 0.29) is 27.9 Å². The molecule has 0 aromatic heterocycles. The first-order chi connectivity index (χ1) is 14.8. The van der Waals surface area contributed by atoms with Gasteiger partial charge in [-0.1, -0.05) is 62.8 Å². The summed E-state index contributed by atoms with van der Waals surface area (Å²) in [5.41, 5.74) is 0.772. The number of allylic oxidation sites excluding steroid dienone is 2. The molecule has 1 heterocycles. The molecule has 0 bridgehead atoms. The topological polar surface area (TPSA) is 107 Å². The summed E-state index contributed by atoms with van der Waals surface area (Å²) in [4.78, 5) is 38.1. The van der Waals surface area contributed by atoms with Crippen LogP contribution in [0.5, 0.6) is 0 Å². The van der Waals surface area contributed by atoms with Crippen molar-refractivity contribution in [2.75, 3.05) is 0 Å². The largest absolute Gasteiger partial charge is 0.478 e. The average molecular weight is 416 g/mol. The third-order valence-electron chi connectivity index (χ3n) is 6.18. The van der Waals surface area contributed by atoms with Crippen molar-refractivity contribution in [2.24, 2.45) is 5.41 Å². The van der Waals surface area contributed by atoms with Crippen molar-refractivity contribution >= 4 is 29.4 Å². The predicted octanol–water partition coefficient (Wildman–Crippen LogP) is 4.17. The number of hydrogen-bond donors (Lipinski definition) is 2. The molecule has 31 heavy (non-hydrogen) atoms. The zero-order valence-electron chi connectivity index (χ0n) is 17.5. The Morgan fingerprint density at radius 3 is 2.42 bits per heavy atom. The van der Waals surface area contributed by atoms with Crippen LogP contribution < -0.4 is 5.32 Å². The molecule has 6 nitrogen and oxygen atoms in total. The zero-order valence-corrected chi connectivity index (χ0v) is 17.5. The number of hydrogen-bond acceptors (Lipinski definition) is 4. The van der Waals surface area contributed by atoms with Crippen LogP contribution in [-0.4, -0.2) is 22.9 Å². The third-order valence-corrected chi connectivity index (χ3v) is 6.18. The highest BCUT2D eigenvalue weighted by molar-refractivity contribution is 6.37. The predicted molar refractivity (Wildman–Crippen MR) is 117 cm³/mol. The van der Waals surface area contributed by atoms with Crippen molar-refractivity contribution in [3.8, 4) is 6.07 Å². The van der Waals surface area contributed by atoms with E-state index in [1.54, 1.807) is 24.3 Å². The van der Waals surface area contributed by atoms with E-state index in [9.17, 15) is 24.8 Å². The number of carbonyl (C=O) groups excluding carboxylic acids is 2. The van der Waals surface area contributed by atoms with Gasteiger partial charge in [0.2, 0.25) is 0 Å². The molecular weight excluding hydrogens is 392 g/mol. The lowest BCUT2D eigenvalue weighted by atomic mass is 9.60. The molecule has 0 spiro atoms. The Morgan fingerprint density at radius 2 is 1.84 bits per heavy atom. The summed E-state index contributed by atoms with van der Waals surface area (Å²) in [5.74, 6) is -2.27. The van der Waals surface area contributed by atoms with Crippen molar-refractivity contribution in [2.45, 2.75) is 39.0 Å². The Bertz CT molecular complexity index is 1110. The lowest BCUT2D eigenvalue weighted by Gasteiger charge is -2.41. The number of carboxylic acids is 1. The highest BCUT2D eigenvalue weighted by atomic mass is 16.4. The van der Waals surface area contributed by atoms with Gasteiger partial charge in [-0.05, 0) is 36.5 Å². The van der Waals surface area contributed by atoms with Crippen molar-refractivity contribution in [1.82, 2.24) is 5.32 Å². The molecule has 3 rings (SSSR count). The molecule has 1 aliphatic carbocycles. The molecule has 6 heteroatoms. The lowest BCUT2D eigenvalue weighted by molar-refractivity contribution is -0.133. The van der Waals surface area contributed by atoms with E-state index in [2.05, 4.69) is 18.5 Å². The van der Waals surface area contributed by atoms with Crippen LogP contribution in [0.2, 0.25) is 0 Å². The van der Waals surface area contributed by atoms with E-state index in [4.69, 9.17) is 0 Å². The van der Waals surface area contributed by atoms with Crippen LogP contribution in [0.25, 0.3) is 11.6 Å². The first kappa shape index (κ1) is 22.0. The molecule has 2 amide bonds. The van der Waals surface area contributed by atoms with Crippen molar-refractivity contribution < 1.29 is 19.5 Å². The fourth-order valence-electron chi connectivity index (χ4n) is 4.89. The molecule has 1 aromatic carbocycles. The number of benzene rings is 1. The molecule has 2 aliphatic rings. The van der Waals surface area contributed by atoms with Crippen LogP contribution in [0, 0.1) is 16.7 Å². The maximum absolute atomic E-state index is 13.2. The molecule has 0 radical (unpaired) electrons. The third kappa shape index (κ3) is 3.64. The second-order valence-corrected chi connectivity index (χ2v) is 7.86. The smallest absolute Gasteiger partial charge is 0.331 e. The van der Waals surface area contributed by atoms with Gasteiger partial charge in [-0.3, -0.25) is 14.9 Å². The van der Waals surface area contributed by atoms with Gasteiger partial charge in [-0.15, -0.1) is 0 Å². The number of carbonyl (C=O) groups is 3. The van der Waals surface area contributed by atoms with Crippen molar-refractivity contribution in [3.05, 3.63) is 70.8 Å². The molecule has 0 saturated heterocycles. The summed E-state index contributed by atoms with van der Waals surface area (Å²) >= 11 is 0. The van der Waals surface area contributed by atoms with Gasteiger partial charge < -0.3 is 5.11 Å². The number of nitrogens with one attached hydrogen (secondary N) is 1. The van der Waals surface area contributed by atoms with Crippen LogP contribution in [0.15, 0.2) is 59.7 Å². The molecule has 1 aromatic rings. The summed E-state index contributed by atoms with van der Waals surface area (Å²) in [5, 5.41) is 21.8. The van der Waals surface area contributed by atoms with E-state index in [1.807, 2.05) is 12.1 Å². The number of rotatable bonds is 6. The number of aliphatic carboxylic acids is 1. The maximum Gasteiger partial charge on any atom is 0.331 e. The summed E-state index contributed by atoms with van der Waals surface area (Å²) < 4.78 is 0. The van der Waals surface area contributed by atoms with Gasteiger partial charge in [0.1, 0.15) is 0 Å². The van der Waals surface area contributed by atoms with Crippen molar-refractivity contribution in [3.63, 3.8) is 0 Å². The maximum atomic E-state index is 13.2. The Labute approximate surface area is 181 Å². The summed E-state index contributed by atoms with van der Waals surface area (Å²) in [6.07, 6.45) is 4.89. The van der Waals surface area contributed by atoms with Gasteiger partial charge >= 0.3 is 5.97 Å². The van der Waals surface area contributed by atoms with Crippen LogP contribution in [0.3, 0.4) is 0 Å². The Balaban J connectivity index is 2.46. The number of imide groups is 1. The molecule has 2 N–H and O–H groups in total. The molecule has 0 atom stereocenters. The van der Waals surface area contributed by atoms with Crippen LogP contribution >= 0.6 is 0 Å². The quantitative estimate of drug-likeness (QED) is 0.313. The average Bonchev–Trinajstić information content (AvgIpc) is 3.07. The monoisotopic (exact) mass is 416 g/mol. The van der Waals surface area contributed by atoms with E-state index < -0.39 is 23.2 Å². The van der Waals surface area contributed by atoms with Gasteiger partial charge in [0.15, 0.2) is 0 Å². The summed E-state index contributed by atoms with van der Waals surface area (Å²) in [6, 6.07) is 9.09. The minimum atomic E-state index is -1.19. The molecule has 158 valence electrons. The van der Waals surface area contributed by atoms with Crippen LogP contribution in [0.4, 0.5) is 0 Å². The van der Waals surface area contributed by atoms with Crippen molar-refractivity contribution in [1.29, 1.82) is 5.26 Å². The van der Waals surface area contributed by atoms with Gasteiger partial charge in [-0.2, -0.15) is 5.26 Å². The fraction of sp³-hybridized carbons (Fsp3) is 0.280. The minimum Gasteiger partial charge on any atom is -0.478 e. The number of carboxylic acid groups (broad SMARTS) is 1. The molecular formula is C25H24N2O4. The standard InChI is InChI=1S/C25H24N2O4/c1-4-17-10-6-7-11-18(17)19-21(23(29)27-22(19)28)25(12-8-5-9-13-25)20(15(2)14-26)16(3)24(30)31/h4,6-7,10-11H,1-2,5,8-9,12-13H2,3H3,(H,30,31)(H,27,28,29)/b20-16-. The van der Waals surface area contributed by atoms with E-state index in [1.165, 1.54) is 6.92 Å². The lowest BCUT2D eigenvalue weighted by Crippen LogP contribution is -2.36. The van der Waals surface area contributed by atoms with E-state index >= 15 is 0 Å². The van der Waals surface area contributed by atoms with Gasteiger partial charge in [0.05, 0.1) is 11.6 Å². The first-order valence-electron chi connectivity index (χ1n) is 10.1. The fourth-order valence-corrected chi connectivity index (χ4v) is 4.89. The second kappa shape index (κ2) is 8.57. The second-order valence-electron chi connectivity index (χ2n) is 7.86. The molecule has 1 aliphatic heterocycles. The van der Waals surface area contributed by atoms with Crippen LogP contribution in [0.1, 0.15) is 50.2 Å². The van der Waals surface area contributed by atoms with Gasteiger partial charge in [0.25, 0.3) is 11.8 Å². The van der Waals surface area contributed by atoms with E-state index in [0.717, 1.165) is 19.3 Å². The Hall–Kier alpha value is -3.72. The van der Waals surface area contributed by atoms with E-state index in [0.29, 0.717) is 24.0 Å². The van der Waals surface area contributed by atoms with Gasteiger partial charge in [0, 0.05) is 22.1 Å². The highest BCUT2D eigenvalue weighted by Gasteiger charge is 2.50. The summed E-state index contributed by atoms with van der Waals surface area (Å²) in [7, 11) is 0. The molecule has 1 fully saturated rings. The molecule has 1 saturated carbocycles. The number of amides is 2. The molecule has 0 unspecified atom stereocenters. The van der Waals surface area contributed by atoms with Gasteiger partial charge in [-0.25, -0.2) is 4.79 Å². The normalized spacial score (nSPS) is 18.7. The first-order valence-corrected chi connectivity index (χ1v) is 10.1. The number of nitriles is 1. The van der Waals surface area contributed by atoms with Crippen LogP contribution in [-0.2, 0) is 14.4 Å². The SMILES string of the molecule is C=Cc1ccccc1C1=C(C2(/C(C(=C)C#N)=C(/C)C(=O)O)CCCCC2)C(=O)NC1=O. The Morgan fingerprint density at radius 1 is 1.19 bits per heavy atom. The minimum absolute atomic E-state index is 0.00203. The number of nitrogens with zero attached hydrogens (tertiary/aromatic N) is 1. The highest BCUT2D eigenvalue weighted by Crippen LogP contribution is 2.54. The Kier molecular flexibility index (Phi) is 6.07.